The molecule has 0 saturated heterocycles. The molecule has 1 N–H and O–H groups in total. The van der Waals surface area contributed by atoms with E-state index in [4.69, 9.17) is 9.52 Å². The monoisotopic (exact) mass is 294 g/mol. The number of furan rings is 1. The Morgan fingerprint density at radius 3 is 2.50 bits per heavy atom. The lowest BCUT2D eigenvalue weighted by Gasteiger charge is -2.06. The summed E-state index contributed by atoms with van der Waals surface area (Å²) in [5, 5.41) is 8.52. The van der Waals surface area contributed by atoms with E-state index in [0.29, 0.717) is 11.8 Å². The molecule has 2 aromatic rings. The van der Waals surface area contributed by atoms with Crippen molar-refractivity contribution in [3.8, 4) is 0 Å². The molecule has 0 spiro atoms. The van der Waals surface area contributed by atoms with Crippen molar-refractivity contribution in [1.29, 1.82) is 0 Å². The molecule has 0 amide bonds. The zero-order valence-electron chi connectivity index (χ0n) is 10.4. The molecule has 0 fully saturated rings. The Balaban J connectivity index is 2.62. The standard InChI is InChI=1S/C13H10O6S/c1-8-2-3-9(13(15)16)6-11(8)20(17,18)12-5-4-10(7-14)19-12/h2-7H,1H3,(H,15,16). The highest BCUT2D eigenvalue weighted by molar-refractivity contribution is 7.91. The summed E-state index contributed by atoms with van der Waals surface area (Å²) >= 11 is 0. The van der Waals surface area contributed by atoms with Crippen LogP contribution in [0.1, 0.15) is 26.5 Å². The Bertz CT molecular complexity index is 785. The maximum absolute atomic E-state index is 12.4. The van der Waals surface area contributed by atoms with Crippen LogP contribution < -0.4 is 0 Å². The van der Waals surface area contributed by atoms with Crippen molar-refractivity contribution in [3.05, 3.63) is 47.2 Å². The molecule has 1 aromatic heterocycles. The van der Waals surface area contributed by atoms with Gasteiger partial charge in [0, 0.05) is 0 Å². The Morgan fingerprint density at radius 2 is 1.95 bits per heavy atom. The number of benzene rings is 1. The largest absolute Gasteiger partial charge is 0.478 e. The maximum atomic E-state index is 12.4. The number of sulfone groups is 1. The van der Waals surface area contributed by atoms with Crippen molar-refractivity contribution in [2.24, 2.45) is 0 Å². The second kappa shape index (κ2) is 4.93. The third-order valence-electron chi connectivity index (χ3n) is 2.71. The first-order valence-electron chi connectivity index (χ1n) is 5.50. The van der Waals surface area contributed by atoms with Gasteiger partial charge in [0.25, 0.3) is 0 Å². The number of rotatable bonds is 4. The Labute approximate surface area is 114 Å². The smallest absolute Gasteiger partial charge is 0.335 e. The average molecular weight is 294 g/mol. The van der Waals surface area contributed by atoms with Crippen LogP contribution in [0.5, 0.6) is 0 Å². The third kappa shape index (κ3) is 2.35. The molecule has 1 heterocycles. The van der Waals surface area contributed by atoms with E-state index in [2.05, 4.69) is 0 Å². The van der Waals surface area contributed by atoms with Crippen molar-refractivity contribution in [3.63, 3.8) is 0 Å². The number of carbonyl (C=O) groups is 2. The number of carboxylic acids is 1. The van der Waals surface area contributed by atoms with Crippen molar-refractivity contribution in [2.75, 3.05) is 0 Å². The molecule has 0 saturated carbocycles. The number of aromatic carboxylic acids is 1. The summed E-state index contributed by atoms with van der Waals surface area (Å²) in [5.41, 5.74) is 0.246. The van der Waals surface area contributed by atoms with Crippen LogP contribution in [0, 0.1) is 6.92 Å². The van der Waals surface area contributed by atoms with E-state index in [9.17, 15) is 18.0 Å². The fourth-order valence-corrected chi connectivity index (χ4v) is 3.12. The van der Waals surface area contributed by atoms with Crippen molar-refractivity contribution < 1.29 is 27.5 Å². The molecule has 0 radical (unpaired) electrons. The van der Waals surface area contributed by atoms with Crippen molar-refractivity contribution in [1.82, 2.24) is 0 Å². The molecule has 20 heavy (non-hydrogen) atoms. The van der Waals surface area contributed by atoms with Gasteiger partial charge in [-0.05, 0) is 36.8 Å². The lowest BCUT2D eigenvalue weighted by molar-refractivity contribution is 0.0696. The number of aryl methyl sites for hydroxylation is 1. The predicted octanol–water partition coefficient (Wildman–Crippen LogP) is 1.93. The quantitative estimate of drug-likeness (QED) is 0.864. The summed E-state index contributed by atoms with van der Waals surface area (Å²) in [6.45, 7) is 1.54. The summed E-state index contributed by atoms with van der Waals surface area (Å²) in [5.74, 6) is -1.34. The van der Waals surface area contributed by atoms with Crippen LogP contribution in [0.2, 0.25) is 0 Å². The van der Waals surface area contributed by atoms with Gasteiger partial charge in [-0.1, -0.05) is 6.07 Å². The van der Waals surface area contributed by atoms with Crippen LogP contribution in [-0.2, 0) is 9.84 Å². The topological polar surface area (TPSA) is 102 Å². The normalized spacial score (nSPS) is 11.2. The van der Waals surface area contributed by atoms with Gasteiger partial charge >= 0.3 is 5.97 Å². The molecular formula is C13H10O6S. The lowest BCUT2D eigenvalue weighted by Crippen LogP contribution is -2.06. The summed E-state index contributed by atoms with van der Waals surface area (Å²) < 4.78 is 29.6. The molecule has 0 atom stereocenters. The number of hydrogen-bond donors (Lipinski definition) is 1. The Hall–Kier alpha value is -2.41. The molecule has 0 aliphatic rings. The maximum Gasteiger partial charge on any atom is 0.335 e. The number of hydrogen-bond acceptors (Lipinski definition) is 5. The van der Waals surface area contributed by atoms with Gasteiger partial charge in [0.1, 0.15) is 0 Å². The van der Waals surface area contributed by atoms with Crippen LogP contribution in [0.4, 0.5) is 0 Å². The van der Waals surface area contributed by atoms with Crippen LogP contribution in [0.25, 0.3) is 0 Å². The number of aldehydes is 1. The average Bonchev–Trinajstić information content (AvgIpc) is 2.88. The first kappa shape index (κ1) is 14.0. The first-order valence-corrected chi connectivity index (χ1v) is 6.98. The van der Waals surface area contributed by atoms with E-state index >= 15 is 0 Å². The minimum Gasteiger partial charge on any atom is -0.478 e. The molecule has 0 aliphatic heterocycles. The molecule has 1 aromatic carbocycles. The minimum absolute atomic E-state index is 0.115. The van der Waals surface area contributed by atoms with Gasteiger partial charge in [-0.25, -0.2) is 13.2 Å². The summed E-state index contributed by atoms with van der Waals surface area (Å²) in [6.07, 6.45) is 0.388. The Kier molecular flexibility index (Phi) is 3.46. The predicted molar refractivity (Wildman–Crippen MR) is 67.7 cm³/mol. The van der Waals surface area contributed by atoms with Gasteiger partial charge in [-0.2, -0.15) is 0 Å². The molecule has 7 heteroatoms. The minimum atomic E-state index is -4.00. The van der Waals surface area contributed by atoms with E-state index in [0.717, 1.165) is 12.1 Å². The van der Waals surface area contributed by atoms with Gasteiger partial charge in [0.2, 0.25) is 14.9 Å². The highest BCUT2D eigenvalue weighted by atomic mass is 32.2. The van der Waals surface area contributed by atoms with Gasteiger partial charge in [-0.15, -0.1) is 0 Å². The third-order valence-corrected chi connectivity index (χ3v) is 4.48. The van der Waals surface area contributed by atoms with Crippen LogP contribution in [0.15, 0.2) is 44.7 Å². The van der Waals surface area contributed by atoms with Crippen LogP contribution in [0.3, 0.4) is 0 Å². The fraction of sp³-hybridized carbons (Fsp3) is 0.0769. The van der Waals surface area contributed by atoms with E-state index in [1.54, 1.807) is 6.92 Å². The fourth-order valence-electron chi connectivity index (χ4n) is 1.67. The van der Waals surface area contributed by atoms with E-state index in [1.807, 2.05) is 0 Å². The van der Waals surface area contributed by atoms with Crippen LogP contribution in [-0.4, -0.2) is 25.8 Å². The van der Waals surface area contributed by atoms with Crippen molar-refractivity contribution in [2.45, 2.75) is 16.9 Å². The SMILES string of the molecule is Cc1ccc(C(=O)O)cc1S(=O)(=O)c1ccc(C=O)o1. The Morgan fingerprint density at radius 1 is 1.25 bits per heavy atom. The number of carboxylic acid groups (broad SMARTS) is 1. The molecule has 104 valence electrons. The first-order chi connectivity index (χ1) is 9.36. The van der Waals surface area contributed by atoms with E-state index in [1.165, 1.54) is 18.2 Å². The zero-order valence-corrected chi connectivity index (χ0v) is 11.2. The zero-order chi connectivity index (χ0) is 14.9. The van der Waals surface area contributed by atoms with Gasteiger partial charge < -0.3 is 9.52 Å². The molecule has 2 rings (SSSR count). The highest BCUT2D eigenvalue weighted by Gasteiger charge is 2.25. The number of carbonyl (C=O) groups excluding carboxylic acids is 1. The molecule has 0 aliphatic carbocycles. The molecular weight excluding hydrogens is 284 g/mol. The van der Waals surface area contributed by atoms with Gasteiger partial charge in [0.15, 0.2) is 12.0 Å². The molecule has 6 nitrogen and oxygen atoms in total. The summed E-state index contributed by atoms with van der Waals surface area (Å²) in [4.78, 5) is 21.3. The highest BCUT2D eigenvalue weighted by Crippen LogP contribution is 2.26. The molecule has 0 bridgehead atoms. The summed E-state index contributed by atoms with van der Waals surface area (Å²) in [6, 6.07) is 6.17. The lowest BCUT2D eigenvalue weighted by atomic mass is 10.1. The van der Waals surface area contributed by atoms with E-state index < -0.39 is 20.9 Å². The van der Waals surface area contributed by atoms with E-state index in [-0.39, 0.29) is 16.2 Å². The van der Waals surface area contributed by atoms with Gasteiger partial charge in [-0.3, -0.25) is 4.79 Å². The summed E-state index contributed by atoms with van der Waals surface area (Å²) in [7, 11) is -4.00. The second-order valence-corrected chi connectivity index (χ2v) is 5.91. The molecule has 0 unspecified atom stereocenters. The van der Waals surface area contributed by atoms with Crippen LogP contribution >= 0.6 is 0 Å². The van der Waals surface area contributed by atoms with Gasteiger partial charge in [0.05, 0.1) is 10.5 Å². The second-order valence-electron chi connectivity index (χ2n) is 4.06. The van der Waals surface area contributed by atoms with Crippen molar-refractivity contribution >= 4 is 22.1 Å².